The maximum Gasteiger partial charge on any atom is 0.124 e. The Balaban J connectivity index is 2.80. The predicted molar refractivity (Wildman–Crippen MR) is 123 cm³/mol. The van der Waals surface area contributed by atoms with E-state index < -0.39 is 0 Å². The summed E-state index contributed by atoms with van der Waals surface area (Å²) in [5, 5.41) is 10.2. The van der Waals surface area contributed by atoms with Crippen molar-refractivity contribution < 1.29 is 5.11 Å². The SMILES string of the molecule is Cc1ccc(O)c(C=Nc2c(C(C)(C)C)cc(C(C)(C)C)cc2C(C)(C)C)c1. The van der Waals surface area contributed by atoms with Crippen LogP contribution in [0.1, 0.15) is 90.1 Å². The lowest BCUT2D eigenvalue weighted by molar-refractivity contribution is 0.474. The summed E-state index contributed by atoms with van der Waals surface area (Å²) in [6.45, 7) is 22.2. The molecule has 0 aliphatic rings. The van der Waals surface area contributed by atoms with E-state index in [1.165, 1.54) is 16.7 Å². The summed E-state index contributed by atoms with van der Waals surface area (Å²) in [6, 6.07) is 10.2. The molecule has 0 spiro atoms. The lowest BCUT2D eigenvalue weighted by Gasteiger charge is -2.32. The summed E-state index contributed by atoms with van der Waals surface area (Å²) in [5.74, 6) is 0.260. The number of hydrogen-bond acceptors (Lipinski definition) is 2. The third-order valence-electron chi connectivity index (χ3n) is 5.11. The van der Waals surface area contributed by atoms with Crippen LogP contribution in [-0.2, 0) is 16.2 Å². The van der Waals surface area contributed by atoms with Crippen LogP contribution in [-0.4, -0.2) is 11.3 Å². The third kappa shape index (κ3) is 5.04. The fraction of sp³-hybridized carbons (Fsp3) is 0.500. The van der Waals surface area contributed by atoms with Crippen molar-refractivity contribution in [1.82, 2.24) is 0 Å². The van der Waals surface area contributed by atoms with E-state index in [1.807, 2.05) is 19.1 Å². The average Bonchev–Trinajstić information content (AvgIpc) is 2.52. The third-order valence-corrected chi connectivity index (χ3v) is 5.11. The molecule has 0 atom stereocenters. The highest BCUT2D eigenvalue weighted by Crippen LogP contribution is 2.43. The Hall–Kier alpha value is -2.09. The lowest BCUT2D eigenvalue weighted by Crippen LogP contribution is -2.21. The van der Waals surface area contributed by atoms with Gasteiger partial charge in [-0.05, 0) is 52.0 Å². The largest absolute Gasteiger partial charge is 0.507 e. The van der Waals surface area contributed by atoms with Crippen LogP contribution in [0, 0.1) is 6.92 Å². The molecule has 152 valence electrons. The summed E-state index contributed by atoms with van der Waals surface area (Å²) >= 11 is 0. The van der Waals surface area contributed by atoms with Gasteiger partial charge in [0, 0.05) is 11.8 Å². The molecule has 2 rings (SSSR count). The topological polar surface area (TPSA) is 32.6 Å². The number of benzene rings is 2. The van der Waals surface area contributed by atoms with Crippen LogP contribution in [0.2, 0.25) is 0 Å². The number of rotatable bonds is 2. The molecule has 0 unspecified atom stereocenters. The highest BCUT2D eigenvalue weighted by molar-refractivity contribution is 5.86. The van der Waals surface area contributed by atoms with Crippen molar-refractivity contribution in [2.45, 2.75) is 85.5 Å². The van der Waals surface area contributed by atoms with Gasteiger partial charge in [0.15, 0.2) is 0 Å². The monoisotopic (exact) mass is 379 g/mol. The summed E-state index contributed by atoms with van der Waals surface area (Å²) in [7, 11) is 0. The summed E-state index contributed by atoms with van der Waals surface area (Å²) in [5.41, 5.74) is 6.69. The van der Waals surface area contributed by atoms with Crippen molar-refractivity contribution in [2.75, 3.05) is 0 Å². The Kier molecular flexibility index (Phi) is 5.86. The van der Waals surface area contributed by atoms with Gasteiger partial charge in [-0.2, -0.15) is 0 Å². The van der Waals surface area contributed by atoms with E-state index in [0.29, 0.717) is 0 Å². The van der Waals surface area contributed by atoms with Crippen LogP contribution in [0.15, 0.2) is 35.3 Å². The number of aromatic hydroxyl groups is 1. The van der Waals surface area contributed by atoms with Crippen LogP contribution in [0.4, 0.5) is 5.69 Å². The lowest BCUT2D eigenvalue weighted by atomic mass is 9.74. The summed E-state index contributed by atoms with van der Waals surface area (Å²) in [4.78, 5) is 4.95. The summed E-state index contributed by atoms with van der Waals surface area (Å²) < 4.78 is 0. The minimum absolute atomic E-state index is 0.0391. The van der Waals surface area contributed by atoms with E-state index in [-0.39, 0.29) is 22.0 Å². The molecular formula is C26H37NO. The van der Waals surface area contributed by atoms with Crippen molar-refractivity contribution >= 4 is 11.9 Å². The first-order valence-corrected chi connectivity index (χ1v) is 10.1. The van der Waals surface area contributed by atoms with Gasteiger partial charge in [0.05, 0.1) is 5.69 Å². The molecule has 2 aromatic rings. The maximum atomic E-state index is 10.2. The molecule has 2 heteroatoms. The first-order chi connectivity index (χ1) is 12.6. The Labute approximate surface area is 171 Å². The molecule has 0 fully saturated rings. The molecule has 0 aromatic heterocycles. The van der Waals surface area contributed by atoms with Crippen molar-refractivity contribution in [1.29, 1.82) is 0 Å². The van der Waals surface area contributed by atoms with E-state index in [0.717, 1.165) is 16.8 Å². The Bertz CT molecular complexity index is 849. The first kappa shape index (κ1) is 22.2. The van der Waals surface area contributed by atoms with Crippen LogP contribution in [0.3, 0.4) is 0 Å². The Morgan fingerprint density at radius 3 is 1.68 bits per heavy atom. The van der Waals surface area contributed by atoms with Crippen molar-refractivity contribution in [3.05, 3.63) is 58.1 Å². The zero-order valence-electron chi connectivity index (χ0n) is 19.4. The zero-order chi connectivity index (χ0) is 21.5. The smallest absolute Gasteiger partial charge is 0.124 e. The number of aryl methyl sites for hydroxylation is 1. The molecule has 2 aromatic carbocycles. The molecule has 0 saturated carbocycles. The second-order valence-electron chi connectivity index (χ2n) is 11.0. The molecule has 2 nitrogen and oxygen atoms in total. The van der Waals surface area contributed by atoms with E-state index in [4.69, 9.17) is 4.99 Å². The van der Waals surface area contributed by atoms with Gasteiger partial charge in [0.25, 0.3) is 0 Å². The van der Waals surface area contributed by atoms with Crippen LogP contribution in [0.25, 0.3) is 0 Å². The van der Waals surface area contributed by atoms with E-state index in [2.05, 4.69) is 74.4 Å². The molecule has 1 N–H and O–H groups in total. The van der Waals surface area contributed by atoms with Crippen LogP contribution < -0.4 is 0 Å². The maximum absolute atomic E-state index is 10.2. The van der Waals surface area contributed by atoms with E-state index >= 15 is 0 Å². The molecule has 0 amide bonds. The number of hydrogen-bond donors (Lipinski definition) is 1. The quantitative estimate of drug-likeness (QED) is 0.544. The first-order valence-electron chi connectivity index (χ1n) is 10.1. The molecule has 28 heavy (non-hydrogen) atoms. The van der Waals surface area contributed by atoms with E-state index in [1.54, 1.807) is 12.3 Å². The highest BCUT2D eigenvalue weighted by atomic mass is 16.3. The van der Waals surface area contributed by atoms with Gasteiger partial charge in [-0.3, -0.25) is 4.99 Å². The van der Waals surface area contributed by atoms with Gasteiger partial charge in [-0.25, -0.2) is 0 Å². The molecule has 0 aliphatic heterocycles. The number of phenolic OH excluding ortho intramolecular Hbond substituents is 1. The average molecular weight is 380 g/mol. The summed E-state index contributed by atoms with van der Waals surface area (Å²) in [6.07, 6.45) is 1.80. The molecule has 0 bridgehead atoms. The van der Waals surface area contributed by atoms with Crippen molar-refractivity contribution in [2.24, 2.45) is 4.99 Å². The van der Waals surface area contributed by atoms with Gasteiger partial charge < -0.3 is 5.11 Å². The van der Waals surface area contributed by atoms with Crippen LogP contribution >= 0.6 is 0 Å². The second-order valence-corrected chi connectivity index (χ2v) is 11.0. The molecule has 0 saturated heterocycles. The van der Waals surface area contributed by atoms with Gasteiger partial charge in [-0.15, -0.1) is 0 Å². The second kappa shape index (κ2) is 7.39. The van der Waals surface area contributed by atoms with Crippen LogP contribution in [0.5, 0.6) is 5.75 Å². The van der Waals surface area contributed by atoms with E-state index in [9.17, 15) is 5.11 Å². The molecule has 0 heterocycles. The fourth-order valence-electron chi connectivity index (χ4n) is 3.26. The Morgan fingerprint density at radius 2 is 1.25 bits per heavy atom. The van der Waals surface area contributed by atoms with Gasteiger partial charge >= 0.3 is 0 Å². The number of aliphatic imine (C=N–C) groups is 1. The minimum atomic E-state index is -0.0391. The predicted octanol–water partition coefficient (Wildman–Crippen LogP) is 7.34. The standard InChI is InChI=1S/C26H37NO/c1-17-11-12-22(28)18(13-17)16-27-23-20(25(5,6)7)14-19(24(2,3)4)15-21(23)26(8,9)10/h11-16,28H,1-10H3. The fourth-order valence-corrected chi connectivity index (χ4v) is 3.26. The zero-order valence-corrected chi connectivity index (χ0v) is 19.4. The Morgan fingerprint density at radius 1 is 0.750 bits per heavy atom. The normalized spacial score (nSPS) is 13.4. The number of phenols is 1. The van der Waals surface area contributed by atoms with Gasteiger partial charge in [0.2, 0.25) is 0 Å². The molecular weight excluding hydrogens is 342 g/mol. The van der Waals surface area contributed by atoms with Crippen molar-refractivity contribution in [3.8, 4) is 5.75 Å². The molecule has 0 aliphatic carbocycles. The highest BCUT2D eigenvalue weighted by Gasteiger charge is 2.28. The van der Waals surface area contributed by atoms with Gasteiger partial charge in [0.1, 0.15) is 5.75 Å². The van der Waals surface area contributed by atoms with Gasteiger partial charge in [-0.1, -0.05) is 86.1 Å². The minimum Gasteiger partial charge on any atom is -0.507 e. The molecule has 0 radical (unpaired) electrons. The number of nitrogens with zero attached hydrogens (tertiary/aromatic N) is 1. The van der Waals surface area contributed by atoms with Crippen molar-refractivity contribution in [3.63, 3.8) is 0 Å².